The number of hydrogen-bond donors (Lipinski definition) is 2. The Kier molecular flexibility index (Phi) is 5.61. The molecule has 1 saturated carbocycles. The van der Waals surface area contributed by atoms with Gasteiger partial charge in [0.25, 0.3) is 0 Å². The molecule has 1 aliphatic carbocycles. The summed E-state index contributed by atoms with van der Waals surface area (Å²) in [5.74, 6) is -0.300. The van der Waals surface area contributed by atoms with Crippen LogP contribution in [0.15, 0.2) is 28.7 Å². The lowest BCUT2D eigenvalue weighted by Gasteiger charge is -2.28. The molecular formula is C16H22BrNO2. The Morgan fingerprint density at radius 3 is 2.70 bits per heavy atom. The standard InChI is InChI=1S/C16H22BrNO2/c1-11(13-3-2-4-14(17)9-13)10-18-15-7-5-12(6-8-15)16(19)20/h2-4,9,11-12,15,18H,5-8,10H2,1H3,(H,19,20). The number of nitrogens with one attached hydrogen (secondary N) is 1. The van der Waals surface area contributed by atoms with Gasteiger partial charge in [0.2, 0.25) is 0 Å². The summed E-state index contributed by atoms with van der Waals surface area (Å²) in [6, 6.07) is 8.89. The molecule has 0 radical (unpaired) electrons. The van der Waals surface area contributed by atoms with Crippen LogP contribution in [0.2, 0.25) is 0 Å². The monoisotopic (exact) mass is 339 g/mol. The maximum absolute atomic E-state index is 10.9. The highest BCUT2D eigenvalue weighted by Crippen LogP contribution is 2.25. The number of halogens is 1. The van der Waals surface area contributed by atoms with E-state index in [1.807, 2.05) is 6.07 Å². The predicted molar refractivity (Wildman–Crippen MR) is 83.9 cm³/mol. The average Bonchev–Trinajstić information content (AvgIpc) is 2.45. The van der Waals surface area contributed by atoms with Crippen molar-refractivity contribution in [3.63, 3.8) is 0 Å². The zero-order valence-electron chi connectivity index (χ0n) is 11.8. The molecule has 0 bridgehead atoms. The lowest BCUT2D eigenvalue weighted by molar-refractivity contribution is -0.142. The molecule has 0 saturated heterocycles. The van der Waals surface area contributed by atoms with Crippen LogP contribution in [-0.4, -0.2) is 23.7 Å². The molecule has 3 nitrogen and oxygen atoms in total. The summed E-state index contributed by atoms with van der Waals surface area (Å²) in [5.41, 5.74) is 1.33. The van der Waals surface area contributed by atoms with Gasteiger partial charge in [0, 0.05) is 17.1 Å². The predicted octanol–water partition coefficient (Wildman–Crippen LogP) is 3.79. The lowest BCUT2D eigenvalue weighted by atomic mass is 9.86. The Hall–Kier alpha value is -0.870. The molecule has 1 aliphatic rings. The molecule has 1 atom stereocenters. The van der Waals surface area contributed by atoms with Crippen molar-refractivity contribution in [3.05, 3.63) is 34.3 Å². The molecule has 0 heterocycles. The van der Waals surface area contributed by atoms with Crippen molar-refractivity contribution in [2.45, 2.75) is 44.6 Å². The second-order valence-electron chi connectivity index (χ2n) is 5.75. The van der Waals surface area contributed by atoms with Crippen molar-refractivity contribution >= 4 is 21.9 Å². The van der Waals surface area contributed by atoms with Gasteiger partial charge in [0.15, 0.2) is 0 Å². The normalized spacial score (nSPS) is 24.3. The highest BCUT2D eigenvalue weighted by Gasteiger charge is 2.25. The van der Waals surface area contributed by atoms with E-state index < -0.39 is 5.97 Å². The summed E-state index contributed by atoms with van der Waals surface area (Å²) in [6.07, 6.45) is 3.56. The molecule has 0 amide bonds. The van der Waals surface area contributed by atoms with Crippen molar-refractivity contribution in [2.24, 2.45) is 5.92 Å². The number of rotatable bonds is 5. The van der Waals surface area contributed by atoms with Crippen molar-refractivity contribution in [2.75, 3.05) is 6.54 Å². The minimum Gasteiger partial charge on any atom is -0.481 e. The molecule has 2 rings (SSSR count). The molecule has 2 N–H and O–H groups in total. The van der Waals surface area contributed by atoms with Crippen LogP contribution in [0.4, 0.5) is 0 Å². The molecule has 20 heavy (non-hydrogen) atoms. The van der Waals surface area contributed by atoms with Crippen molar-refractivity contribution in [1.29, 1.82) is 0 Å². The first kappa shape index (κ1) is 15.5. The van der Waals surface area contributed by atoms with Crippen LogP contribution in [0.5, 0.6) is 0 Å². The van der Waals surface area contributed by atoms with E-state index in [4.69, 9.17) is 5.11 Å². The Balaban J connectivity index is 1.77. The van der Waals surface area contributed by atoms with Gasteiger partial charge in [0.1, 0.15) is 0 Å². The largest absolute Gasteiger partial charge is 0.481 e. The van der Waals surface area contributed by atoms with Gasteiger partial charge in [0.05, 0.1) is 5.92 Å². The fraction of sp³-hybridized carbons (Fsp3) is 0.562. The van der Waals surface area contributed by atoms with Gasteiger partial charge in [-0.05, 0) is 49.3 Å². The first-order valence-electron chi connectivity index (χ1n) is 7.28. The number of hydrogen-bond acceptors (Lipinski definition) is 2. The molecule has 0 aliphatic heterocycles. The van der Waals surface area contributed by atoms with Gasteiger partial charge in [-0.2, -0.15) is 0 Å². The third-order valence-corrected chi connectivity index (χ3v) is 4.70. The van der Waals surface area contributed by atoms with Crippen molar-refractivity contribution < 1.29 is 9.90 Å². The van der Waals surface area contributed by atoms with E-state index in [-0.39, 0.29) is 5.92 Å². The molecule has 1 aromatic rings. The quantitative estimate of drug-likeness (QED) is 0.858. The van der Waals surface area contributed by atoms with Crippen LogP contribution >= 0.6 is 15.9 Å². The maximum atomic E-state index is 10.9. The summed E-state index contributed by atoms with van der Waals surface area (Å²) in [4.78, 5) is 10.9. The molecule has 4 heteroatoms. The van der Waals surface area contributed by atoms with E-state index in [1.54, 1.807) is 0 Å². The minimum atomic E-state index is -0.633. The fourth-order valence-electron chi connectivity index (χ4n) is 2.82. The smallest absolute Gasteiger partial charge is 0.306 e. The van der Waals surface area contributed by atoms with Gasteiger partial charge in [-0.3, -0.25) is 4.79 Å². The van der Waals surface area contributed by atoms with Crippen LogP contribution in [0.3, 0.4) is 0 Å². The molecule has 1 unspecified atom stereocenters. The molecule has 0 spiro atoms. The van der Waals surface area contributed by atoms with Crippen molar-refractivity contribution in [3.8, 4) is 0 Å². The van der Waals surface area contributed by atoms with E-state index >= 15 is 0 Å². The van der Waals surface area contributed by atoms with Crippen molar-refractivity contribution in [1.82, 2.24) is 5.32 Å². The van der Waals surface area contributed by atoms with Gasteiger partial charge < -0.3 is 10.4 Å². The first-order chi connectivity index (χ1) is 9.56. The highest BCUT2D eigenvalue weighted by molar-refractivity contribution is 9.10. The van der Waals surface area contributed by atoms with E-state index in [1.165, 1.54) is 5.56 Å². The Bertz CT molecular complexity index is 456. The summed E-state index contributed by atoms with van der Waals surface area (Å²) in [5, 5.41) is 12.6. The number of aliphatic carboxylic acids is 1. The van der Waals surface area contributed by atoms with Crippen LogP contribution in [0, 0.1) is 5.92 Å². The van der Waals surface area contributed by atoms with Gasteiger partial charge >= 0.3 is 5.97 Å². The second kappa shape index (κ2) is 7.23. The summed E-state index contributed by atoms with van der Waals surface area (Å²) in [7, 11) is 0. The molecular weight excluding hydrogens is 318 g/mol. The average molecular weight is 340 g/mol. The Labute approximate surface area is 128 Å². The van der Waals surface area contributed by atoms with E-state index in [9.17, 15) is 4.79 Å². The van der Waals surface area contributed by atoms with Gasteiger partial charge in [-0.15, -0.1) is 0 Å². The Morgan fingerprint density at radius 2 is 2.10 bits per heavy atom. The second-order valence-corrected chi connectivity index (χ2v) is 6.67. The minimum absolute atomic E-state index is 0.129. The zero-order valence-corrected chi connectivity index (χ0v) is 13.4. The molecule has 1 aromatic carbocycles. The first-order valence-corrected chi connectivity index (χ1v) is 8.07. The lowest BCUT2D eigenvalue weighted by Crippen LogP contribution is -2.36. The zero-order chi connectivity index (χ0) is 14.5. The van der Waals surface area contributed by atoms with Crippen LogP contribution < -0.4 is 5.32 Å². The van der Waals surface area contributed by atoms with Crippen LogP contribution in [-0.2, 0) is 4.79 Å². The Morgan fingerprint density at radius 1 is 1.40 bits per heavy atom. The van der Waals surface area contributed by atoms with E-state index in [0.29, 0.717) is 12.0 Å². The van der Waals surface area contributed by atoms with Gasteiger partial charge in [-0.1, -0.05) is 35.0 Å². The van der Waals surface area contributed by atoms with Crippen LogP contribution in [0.25, 0.3) is 0 Å². The number of carboxylic acids is 1. The number of carbonyl (C=O) groups is 1. The molecule has 110 valence electrons. The maximum Gasteiger partial charge on any atom is 0.306 e. The third kappa shape index (κ3) is 4.32. The SMILES string of the molecule is CC(CNC1CCC(C(=O)O)CC1)c1cccc(Br)c1. The molecule has 0 aromatic heterocycles. The van der Waals surface area contributed by atoms with E-state index in [2.05, 4.69) is 46.4 Å². The summed E-state index contributed by atoms with van der Waals surface area (Å²) < 4.78 is 1.11. The summed E-state index contributed by atoms with van der Waals surface area (Å²) in [6.45, 7) is 3.16. The van der Waals surface area contributed by atoms with Crippen LogP contribution in [0.1, 0.15) is 44.1 Å². The number of benzene rings is 1. The highest BCUT2D eigenvalue weighted by atomic mass is 79.9. The summed E-state index contributed by atoms with van der Waals surface area (Å²) >= 11 is 3.50. The third-order valence-electron chi connectivity index (χ3n) is 4.21. The molecule has 1 fully saturated rings. The van der Waals surface area contributed by atoms with E-state index in [0.717, 1.165) is 36.7 Å². The van der Waals surface area contributed by atoms with Gasteiger partial charge in [-0.25, -0.2) is 0 Å². The topological polar surface area (TPSA) is 49.3 Å². The number of carboxylic acid groups (broad SMARTS) is 1. The fourth-order valence-corrected chi connectivity index (χ4v) is 3.24.